The van der Waals surface area contributed by atoms with Gasteiger partial charge in [0.15, 0.2) is 0 Å². The molecule has 1 aromatic rings. The highest BCUT2D eigenvalue weighted by Gasteiger charge is 2.68. The van der Waals surface area contributed by atoms with Crippen LogP contribution in [0, 0.1) is 22.0 Å². The van der Waals surface area contributed by atoms with Gasteiger partial charge in [0.2, 0.25) is 18.0 Å². The minimum Gasteiger partial charge on any atom is -0.480 e. The van der Waals surface area contributed by atoms with Crippen LogP contribution in [0.4, 0.5) is 0 Å². The average Bonchev–Trinajstić information content (AvgIpc) is 3.52. The first-order valence-corrected chi connectivity index (χ1v) is 13.3. The summed E-state index contributed by atoms with van der Waals surface area (Å²) < 4.78 is 6.11. The van der Waals surface area contributed by atoms with Crippen molar-refractivity contribution >= 4 is 47.6 Å². The Bertz CT molecular complexity index is 1250. The van der Waals surface area contributed by atoms with Gasteiger partial charge in [-0.3, -0.25) is 34.7 Å². The van der Waals surface area contributed by atoms with E-state index in [1.165, 1.54) is 41.8 Å². The molecule has 3 aliphatic heterocycles. The van der Waals surface area contributed by atoms with Crippen molar-refractivity contribution in [2.24, 2.45) is 16.8 Å². The highest BCUT2D eigenvalue weighted by atomic mass is 32.2. The Labute approximate surface area is 222 Å². The molecule has 2 amide bonds. The molecule has 2 saturated heterocycles. The van der Waals surface area contributed by atoms with E-state index < -0.39 is 58.3 Å². The lowest BCUT2D eigenvalue weighted by molar-refractivity contribution is -0.735. The minimum atomic E-state index is -1.69. The maximum atomic E-state index is 13.7. The number of nitrogens with one attached hydrogen (secondary N) is 1. The molecule has 3 aliphatic rings. The summed E-state index contributed by atoms with van der Waals surface area (Å²) in [7, 11) is 1.26. The summed E-state index contributed by atoms with van der Waals surface area (Å²) in [6.07, 6.45) is 1.91. The summed E-state index contributed by atoms with van der Waals surface area (Å²) in [4.78, 5) is 67.8. The number of amides is 2. The molecule has 4 rings (SSSR count). The van der Waals surface area contributed by atoms with Gasteiger partial charge in [-0.1, -0.05) is 12.1 Å². The third kappa shape index (κ3) is 4.47. The van der Waals surface area contributed by atoms with E-state index in [2.05, 4.69) is 10.3 Å². The molecule has 0 aliphatic carbocycles. The van der Waals surface area contributed by atoms with Crippen LogP contribution in [0.1, 0.15) is 35.3 Å². The van der Waals surface area contributed by atoms with Crippen molar-refractivity contribution in [1.82, 2.24) is 10.2 Å². The number of carbonyl (C=O) groups is 4. The SMILES string of the molecule is COC(=O)c1ccc(C2NC(CCSC)(C(=O)O)C3C(=O)N(CC[N+]4=C(C)N=CC4[N+](=O)[O-])C(=O)C23)cc1. The molecule has 2 fully saturated rings. The van der Waals surface area contributed by atoms with Gasteiger partial charge in [0, 0.05) is 13.0 Å². The number of amidine groups is 1. The van der Waals surface area contributed by atoms with Crippen LogP contribution in [0.5, 0.6) is 0 Å². The van der Waals surface area contributed by atoms with Crippen molar-refractivity contribution in [1.29, 1.82) is 0 Å². The van der Waals surface area contributed by atoms with Crippen LogP contribution in [0.2, 0.25) is 0 Å². The number of methoxy groups -OCH3 is 1. The number of benzene rings is 1. The van der Waals surface area contributed by atoms with Crippen LogP contribution in [0.3, 0.4) is 0 Å². The normalized spacial score (nSPS) is 28.2. The molecule has 2 N–H and O–H groups in total. The van der Waals surface area contributed by atoms with Crippen LogP contribution >= 0.6 is 11.8 Å². The lowest BCUT2D eigenvalue weighted by Crippen LogP contribution is -2.56. The molecule has 1 aromatic carbocycles. The number of hydrogen-bond donors (Lipinski definition) is 2. The van der Waals surface area contributed by atoms with Crippen molar-refractivity contribution < 1.29 is 38.5 Å². The largest absolute Gasteiger partial charge is 0.480 e. The second kappa shape index (κ2) is 10.6. The van der Waals surface area contributed by atoms with E-state index in [9.17, 15) is 34.4 Å². The predicted molar refractivity (Wildman–Crippen MR) is 136 cm³/mol. The van der Waals surface area contributed by atoms with Gasteiger partial charge in [0.05, 0.1) is 36.0 Å². The maximum Gasteiger partial charge on any atom is 0.405 e. The molecule has 38 heavy (non-hydrogen) atoms. The first-order valence-electron chi connectivity index (χ1n) is 11.9. The monoisotopic (exact) mass is 546 g/mol. The number of carboxylic acids is 1. The lowest BCUT2D eigenvalue weighted by atomic mass is 9.78. The summed E-state index contributed by atoms with van der Waals surface area (Å²) in [6, 6.07) is 5.44. The average molecular weight is 547 g/mol. The van der Waals surface area contributed by atoms with Crippen LogP contribution in [0.15, 0.2) is 29.3 Å². The molecule has 14 heteroatoms. The number of fused-ring (bicyclic) bond motifs is 1. The Balaban J connectivity index is 1.68. The Morgan fingerprint density at radius 3 is 2.55 bits per heavy atom. The first kappa shape index (κ1) is 27.4. The van der Waals surface area contributed by atoms with Crippen molar-refractivity contribution in [3.63, 3.8) is 0 Å². The smallest absolute Gasteiger partial charge is 0.405 e. The highest BCUT2D eigenvalue weighted by Crippen LogP contribution is 2.50. The molecule has 0 aromatic heterocycles. The molecule has 5 unspecified atom stereocenters. The van der Waals surface area contributed by atoms with Crippen molar-refractivity contribution in [2.75, 3.05) is 32.2 Å². The first-order chi connectivity index (χ1) is 18.1. The number of likely N-dealkylation sites (tertiary alicyclic amines) is 1. The third-order valence-electron chi connectivity index (χ3n) is 7.43. The third-order valence-corrected chi connectivity index (χ3v) is 8.04. The number of nitrogens with zero attached hydrogens (tertiary/aromatic N) is 4. The predicted octanol–water partition coefficient (Wildman–Crippen LogP) is 0.413. The van der Waals surface area contributed by atoms with Gasteiger partial charge < -0.3 is 9.84 Å². The highest BCUT2D eigenvalue weighted by molar-refractivity contribution is 7.98. The second-order valence-electron chi connectivity index (χ2n) is 9.30. The van der Waals surface area contributed by atoms with Crippen LogP contribution < -0.4 is 5.32 Å². The van der Waals surface area contributed by atoms with E-state index >= 15 is 0 Å². The fourth-order valence-electron chi connectivity index (χ4n) is 5.50. The van der Waals surface area contributed by atoms with E-state index in [-0.39, 0.29) is 25.1 Å². The van der Waals surface area contributed by atoms with Crippen LogP contribution in [-0.2, 0) is 19.1 Å². The van der Waals surface area contributed by atoms with Gasteiger partial charge >= 0.3 is 18.1 Å². The van der Waals surface area contributed by atoms with Crippen LogP contribution in [0.25, 0.3) is 0 Å². The number of esters is 1. The standard InChI is InChI=1S/C24H27N5O8S/c1-13-25-12-16(29(35)36)27(13)9-10-28-20(30)17-18(21(28)31)24(23(33)34,8-11-38-3)26-19(17)14-4-6-15(7-5-14)22(32)37-2/h4-7,12,16-19,26H,8-11H2,1-3H3/p+1. The zero-order valence-electron chi connectivity index (χ0n) is 21.0. The molecule has 0 radical (unpaired) electrons. The van der Waals surface area contributed by atoms with E-state index in [4.69, 9.17) is 4.74 Å². The number of carbonyl (C=O) groups excluding carboxylic acids is 3. The fraction of sp³-hybridized carbons (Fsp3) is 0.500. The maximum absolute atomic E-state index is 13.7. The molecule has 0 bridgehead atoms. The van der Waals surface area contributed by atoms with Gasteiger partial charge in [0.1, 0.15) is 12.1 Å². The molecular formula is C24H28N5O8S+. The Hall–Kier alpha value is -3.65. The van der Waals surface area contributed by atoms with Gasteiger partial charge in [-0.15, -0.1) is 0 Å². The summed E-state index contributed by atoms with van der Waals surface area (Å²) in [5.41, 5.74) is -0.857. The van der Waals surface area contributed by atoms with E-state index in [0.29, 0.717) is 17.2 Å². The molecule has 5 atom stereocenters. The molecule has 0 saturated carbocycles. The summed E-state index contributed by atoms with van der Waals surface area (Å²) in [6.45, 7) is 1.42. The lowest BCUT2D eigenvalue weighted by Gasteiger charge is -2.31. The topological polar surface area (TPSA) is 172 Å². The van der Waals surface area contributed by atoms with E-state index in [1.807, 2.05) is 6.26 Å². The molecular weight excluding hydrogens is 518 g/mol. The summed E-state index contributed by atoms with van der Waals surface area (Å²) in [5, 5.41) is 24.9. The van der Waals surface area contributed by atoms with Gasteiger partial charge in [-0.05, 0) is 41.1 Å². The molecule has 0 spiro atoms. The zero-order valence-corrected chi connectivity index (χ0v) is 21.8. The Kier molecular flexibility index (Phi) is 7.65. The van der Waals surface area contributed by atoms with Gasteiger partial charge in [-0.25, -0.2) is 4.79 Å². The number of aliphatic carboxylic acids is 1. The zero-order chi connectivity index (χ0) is 27.8. The number of thioether (sulfide) groups is 1. The second-order valence-corrected chi connectivity index (χ2v) is 10.3. The number of hydrogen-bond acceptors (Lipinski definition) is 10. The molecule has 13 nitrogen and oxygen atoms in total. The summed E-state index contributed by atoms with van der Waals surface area (Å²) in [5.74, 6) is -4.30. The van der Waals surface area contributed by atoms with Crippen molar-refractivity contribution in [2.45, 2.75) is 31.1 Å². The minimum absolute atomic E-state index is 0.0226. The van der Waals surface area contributed by atoms with E-state index in [1.54, 1.807) is 19.1 Å². The van der Waals surface area contributed by atoms with E-state index in [0.717, 1.165) is 4.90 Å². The molecule has 3 heterocycles. The Morgan fingerprint density at radius 2 is 1.97 bits per heavy atom. The fourth-order valence-corrected chi connectivity index (χ4v) is 6.03. The van der Waals surface area contributed by atoms with Crippen molar-refractivity contribution in [3.8, 4) is 0 Å². The number of imide groups is 1. The van der Waals surface area contributed by atoms with Gasteiger partial charge in [-0.2, -0.15) is 16.3 Å². The number of carboxylic acid groups (broad SMARTS) is 1. The summed E-state index contributed by atoms with van der Waals surface area (Å²) >= 11 is 1.42. The Morgan fingerprint density at radius 1 is 1.29 bits per heavy atom. The number of nitro groups is 1. The quantitative estimate of drug-likeness (QED) is 0.138. The van der Waals surface area contributed by atoms with Crippen molar-refractivity contribution in [3.05, 3.63) is 45.5 Å². The van der Waals surface area contributed by atoms with Crippen LogP contribution in [-0.4, -0.2) is 99.2 Å². The number of aliphatic imine (C=N–C) groups is 1. The number of rotatable bonds is 10. The molecule has 202 valence electrons. The number of ether oxygens (including phenoxy) is 1. The van der Waals surface area contributed by atoms with Gasteiger partial charge in [0.25, 0.3) is 5.84 Å².